The summed E-state index contributed by atoms with van der Waals surface area (Å²) in [6.45, 7) is 1.62. The summed E-state index contributed by atoms with van der Waals surface area (Å²) in [4.78, 5) is 0. The molecule has 0 aliphatic rings. The third kappa shape index (κ3) is 12.7. The van der Waals surface area contributed by atoms with E-state index in [4.69, 9.17) is 0 Å². The van der Waals surface area contributed by atoms with Gasteiger partial charge in [0.1, 0.15) is 0 Å². The molecule has 0 spiro atoms. The van der Waals surface area contributed by atoms with Crippen LogP contribution in [0.2, 0.25) is 0 Å². The Balaban J connectivity index is 0.000000177. The van der Waals surface area contributed by atoms with Crippen LogP contribution >= 0.6 is 0 Å². The van der Waals surface area contributed by atoms with E-state index in [1.54, 1.807) is 0 Å². The van der Waals surface area contributed by atoms with Gasteiger partial charge in [-0.25, -0.2) is 41.8 Å². The Hall–Kier alpha value is -4.91. The third-order valence-electron chi connectivity index (χ3n) is 7.93. The summed E-state index contributed by atoms with van der Waals surface area (Å²) in [5.74, 6) is -2.46. The summed E-state index contributed by atoms with van der Waals surface area (Å²) in [5.41, 5.74) is 1.03. The molecule has 0 aliphatic heterocycles. The van der Waals surface area contributed by atoms with E-state index >= 15 is 0 Å². The van der Waals surface area contributed by atoms with Gasteiger partial charge < -0.3 is 9.13 Å². The fourth-order valence-electron chi connectivity index (χ4n) is 5.42. The number of benzene rings is 4. The van der Waals surface area contributed by atoms with Gasteiger partial charge >= 0.3 is 21.7 Å². The van der Waals surface area contributed by atoms with Crippen LogP contribution in [0.4, 0.5) is 17.6 Å². The monoisotopic (exact) mass is 718 g/mol. The van der Waals surface area contributed by atoms with Crippen LogP contribution < -0.4 is 0 Å². The van der Waals surface area contributed by atoms with Crippen LogP contribution in [0.1, 0.15) is 24.0 Å². The number of nitrogens with zero attached hydrogens (tertiary/aromatic N) is 2. The van der Waals surface area contributed by atoms with Crippen LogP contribution in [0, 0.1) is 35.4 Å². The molecule has 2 aromatic heterocycles. The first-order valence-corrected chi connectivity index (χ1v) is 16.6. The first kappa shape index (κ1) is 38.9. The Kier molecular flexibility index (Phi) is 15.8. The second-order valence-electron chi connectivity index (χ2n) is 11.7. The van der Waals surface area contributed by atoms with Crippen molar-refractivity contribution in [1.29, 1.82) is 0 Å². The quantitative estimate of drug-likeness (QED) is 0.0841. The van der Waals surface area contributed by atoms with Gasteiger partial charge in [0.05, 0.1) is 0 Å². The second kappa shape index (κ2) is 20.7. The molecule has 0 radical (unpaired) electrons. The topological polar surface area (TPSA) is 9.86 Å². The molecule has 256 valence electrons. The first-order valence-electron chi connectivity index (χ1n) is 16.6. The van der Waals surface area contributed by atoms with Crippen LogP contribution in [-0.4, -0.2) is 9.13 Å². The molecule has 0 N–H and O–H groups in total. The van der Waals surface area contributed by atoms with E-state index in [0.717, 1.165) is 25.9 Å². The molecule has 7 heteroatoms. The van der Waals surface area contributed by atoms with Crippen molar-refractivity contribution >= 4 is 21.5 Å². The van der Waals surface area contributed by atoms with E-state index < -0.39 is 23.3 Å². The molecular weight excluding hydrogens is 680 g/mol. The number of aromatic nitrogens is 2. The molecule has 0 unspecified atom stereocenters. The second-order valence-corrected chi connectivity index (χ2v) is 11.7. The molecule has 0 atom stereocenters. The average Bonchev–Trinajstić information content (AvgIpc) is 3.96. The minimum atomic E-state index is -0.650. The minimum Gasteiger partial charge on any atom is -0.353 e. The maximum atomic E-state index is 13.4. The van der Waals surface area contributed by atoms with E-state index in [2.05, 4.69) is 70.3 Å². The van der Waals surface area contributed by atoms with Crippen molar-refractivity contribution in [3.63, 3.8) is 0 Å². The number of halogens is 4. The number of aryl methyl sites for hydroxylation is 4. The van der Waals surface area contributed by atoms with Crippen LogP contribution in [0.3, 0.4) is 0 Å². The van der Waals surface area contributed by atoms with Gasteiger partial charge in [-0.1, -0.05) is 61.4 Å². The molecule has 0 saturated carbocycles. The smallest absolute Gasteiger partial charge is 0.353 e. The summed E-state index contributed by atoms with van der Waals surface area (Å²) in [6.07, 6.45) is 11.1. The van der Waals surface area contributed by atoms with E-state index in [1.165, 1.54) is 45.8 Å². The van der Waals surface area contributed by atoms with Gasteiger partial charge in [0.15, 0.2) is 0 Å². The molecule has 0 aliphatic carbocycles. The van der Waals surface area contributed by atoms with Crippen LogP contribution in [0.5, 0.6) is 0 Å². The molecule has 0 saturated heterocycles. The minimum absolute atomic E-state index is 0. The fraction of sp³-hybridized carbons (Fsp3) is 0.136. The van der Waals surface area contributed by atoms with Crippen molar-refractivity contribution < 1.29 is 39.3 Å². The molecular formula is C44H38F4N2Ti. The van der Waals surface area contributed by atoms with Gasteiger partial charge in [0.2, 0.25) is 0 Å². The summed E-state index contributed by atoms with van der Waals surface area (Å²) in [6, 6.07) is 45.9. The zero-order valence-corrected chi connectivity index (χ0v) is 29.7. The van der Waals surface area contributed by atoms with Gasteiger partial charge in [-0.15, -0.1) is 35.4 Å². The van der Waals surface area contributed by atoms with Gasteiger partial charge in [-0.3, -0.25) is 0 Å². The summed E-state index contributed by atoms with van der Waals surface area (Å²) in [5, 5.41) is 4.81. The summed E-state index contributed by atoms with van der Waals surface area (Å²) in [7, 11) is 0. The standard InChI is InChI=1S/2C17H14F2N.2C5H5.Ti/c2*18-16-8-7-13(17(19)10-16)6-3-9-20-11-14-4-1-2-5-15(14)12-20;2*1-2-4-5-3-1;/h2*1-2,4-5,7-8,11-12H,3,6,9H2;2*1-5H;/q4*-1;+4. The average molecular weight is 719 g/mol. The zero-order valence-electron chi connectivity index (χ0n) is 28.2. The van der Waals surface area contributed by atoms with Crippen molar-refractivity contribution in [1.82, 2.24) is 9.13 Å². The van der Waals surface area contributed by atoms with Crippen molar-refractivity contribution in [2.24, 2.45) is 0 Å². The maximum absolute atomic E-state index is 13.4. The summed E-state index contributed by atoms with van der Waals surface area (Å²) >= 11 is 0. The van der Waals surface area contributed by atoms with E-state index in [-0.39, 0.29) is 21.7 Å². The molecule has 0 bridgehead atoms. The predicted octanol–water partition coefficient (Wildman–Crippen LogP) is 11.5. The van der Waals surface area contributed by atoms with Gasteiger partial charge in [-0.2, -0.15) is 48.5 Å². The molecule has 8 aromatic rings. The normalized spacial score (nSPS) is 10.3. The Labute approximate surface area is 312 Å². The first-order chi connectivity index (χ1) is 24.4. The number of hydrogen-bond donors (Lipinski definition) is 0. The molecule has 6 aromatic carbocycles. The zero-order chi connectivity index (χ0) is 35.0. The van der Waals surface area contributed by atoms with Gasteiger partial charge in [-0.05, 0) is 34.4 Å². The van der Waals surface area contributed by atoms with Crippen LogP contribution in [-0.2, 0) is 47.6 Å². The number of rotatable bonds is 8. The van der Waals surface area contributed by atoms with Crippen molar-refractivity contribution in [2.75, 3.05) is 0 Å². The Morgan fingerprint density at radius 2 is 0.784 bits per heavy atom. The SMILES string of the molecule is Fc1[c-]c(F)c(CCCn2cc3ccccc3c2)cc1.Fc1[c-]c(F)c(CCCn2cc3ccccc3c2)cc1.[Ti+4].c1cc[cH-]c1.c1cc[cH-]c1. The Morgan fingerprint density at radius 1 is 0.451 bits per heavy atom. The van der Waals surface area contributed by atoms with Gasteiger partial charge in [0.25, 0.3) is 0 Å². The van der Waals surface area contributed by atoms with Crippen LogP contribution in [0.25, 0.3) is 21.5 Å². The molecule has 0 fully saturated rings. The largest absolute Gasteiger partial charge is 4.00 e. The fourth-order valence-corrected chi connectivity index (χ4v) is 5.42. The molecule has 8 rings (SSSR count). The number of hydrogen-bond acceptors (Lipinski definition) is 0. The predicted molar refractivity (Wildman–Crippen MR) is 195 cm³/mol. The number of fused-ring (bicyclic) bond motifs is 2. The Bertz CT molecular complexity index is 1870. The molecule has 0 amide bonds. The van der Waals surface area contributed by atoms with Crippen molar-refractivity contribution in [3.05, 3.63) is 205 Å². The van der Waals surface area contributed by atoms with E-state index in [9.17, 15) is 17.6 Å². The van der Waals surface area contributed by atoms with Gasteiger partial charge in [0, 0.05) is 61.1 Å². The molecule has 51 heavy (non-hydrogen) atoms. The van der Waals surface area contributed by atoms with Crippen molar-refractivity contribution in [2.45, 2.75) is 38.8 Å². The third-order valence-corrected chi connectivity index (χ3v) is 7.93. The molecule has 2 heterocycles. The Morgan fingerprint density at radius 3 is 1.06 bits per heavy atom. The van der Waals surface area contributed by atoms with Crippen molar-refractivity contribution in [3.8, 4) is 0 Å². The van der Waals surface area contributed by atoms with E-state index in [1.807, 2.05) is 84.9 Å². The molecule has 2 nitrogen and oxygen atoms in total. The van der Waals surface area contributed by atoms with Crippen LogP contribution in [0.15, 0.2) is 158 Å². The maximum Gasteiger partial charge on any atom is 4.00 e. The van der Waals surface area contributed by atoms with E-state index in [0.29, 0.717) is 24.0 Å². The summed E-state index contributed by atoms with van der Waals surface area (Å²) < 4.78 is 56.6.